The average molecular weight is 520 g/mol. The molecule has 6 rings (SSSR count). The average Bonchev–Trinajstić information content (AvgIpc) is 3.52. The summed E-state index contributed by atoms with van der Waals surface area (Å²) < 4.78 is 8.76. The summed E-state index contributed by atoms with van der Waals surface area (Å²) in [7, 11) is 0. The summed E-state index contributed by atoms with van der Waals surface area (Å²) >= 11 is 0. The summed E-state index contributed by atoms with van der Waals surface area (Å²) in [6.07, 6.45) is 1.49. The lowest BCUT2D eigenvalue weighted by molar-refractivity contribution is -0.118. The number of nitrogens with one attached hydrogen (secondary N) is 2. The van der Waals surface area contributed by atoms with Crippen molar-refractivity contribution in [2.24, 2.45) is 0 Å². The molecule has 10 heteroatoms. The number of hydrogen-bond acceptors (Lipinski definition) is 6. The Balaban J connectivity index is 1.29. The quantitative estimate of drug-likeness (QED) is 0.337. The molecule has 0 spiro atoms. The molecule has 0 fully saturated rings. The minimum absolute atomic E-state index is 0.151. The van der Waals surface area contributed by atoms with Gasteiger partial charge in [-0.25, -0.2) is 4.68 Å². The fraction of sp³-hybridized carbons (Fsp3) is 0.138. The first-order valence-corrected chi connectivity index (χ1v) is 12.4. The molecule has 0 aliphatic carbocycles. The van der Waals surface area contributed by atoms with Crippen molar-refractivity contribution in [3.8, 4) is 17.4 Å². The first kappa shape index (κ1) is 24.1. The maximum absolute atomic E-state index is 13.0. The van der Waals surface area contributed by atoms with Crippen LogP contribution >= 0.6 is 0 Å². The van der Waals surface area contributed by atoms with E-state index in [1.807, 2.05) is 74.5 Å². The van der Waals surface area contributed by atoms with Gasteiger partial charge in [-0.3, -0.25) is 14.6 Å². The molecule has 3 aromatic carbocycles. The minimum Gasteiger partial charge on any atom is -0.484 e. The molecule has 0 saturated heterocycles. The number of nitrogens with zero attached hydrogens (tertiary/aromatic N) is 5. The summed E-state index contributed by atoms with van der Waals surface area (Å²) in [5, 5.41) is 14.2. The van der Waals surface area contributed by atoms with Crippen molar-refractivity contribution in [2.45, 2.75) is 20.8 Å². The second-order valence-electron chi connectivity index (χ2n) is 9.33. The van der Waals surface area contributed by atoms with Crippen molar-refractivity contribution in [1.29, 1.82) is 0 Å². The molecule has 0 saturated carbocycles. The van der Waals surface area contributed by atoms with Gasteiger partial charge in [-0.2, -0.15) is 19.9 Å². The van der Waals surface area contributed by atoms with Crippen LogP contribution in [0.2, 0.25) is 0 Å². The number of aromatic amines is 1. The zero-order valence-electron chi connectivity index (χ0n) is 21.6. The van der Waals surface area contributed by atoms with E-state index in [1.54, 1.807) is 17.7 Å². The van der Waals surface area contributed by atoms with E-state index in [0.29, 0.717) is 28.3 Å². The highest BCUT2D eigenvalue weighted by Crippen LogP contribution is 2.23. The first-order chi connectivity index (χ1) is 18.9. The Hall–Kier alpha value is -5.25. The Morgan fingerprint density at radius 1 is 0.974 bits per heavy atom. The number of aryl methyl sites for hydroxylation is 2. The number of ether oxygens (including phenoxy) is 1. The van der Waals surface area contributed by atoms with Crippen LogP contribution in [-0.2, 0) is 4.79 Å². The number of hydrogen-bond donors (Lipinski definition) is 2. The van der Waals surface area contributed by atoms with E-state index in [-0.39, 0.29) is 24.0 Å². The SMILES string of the molecule is Cc1cc(NC(=O)COc2ccc3ccccc3c2)n(-c2nc3c(cnn3-c3cccc(C)c3C)c(=O)[nH]2)n1. The molecule has 194 valence electrons. The van der Waals surface area contributed by atoms with Crippen LogP contribution in [0.3, 0.4) is 0 Å². The van der Waals surface area contributed by atoms with Crippen LogP contribution in [-0.4, -0.2) is 42.0 Å². The Labute approximate surface area is 222 Å². The highest BCUT2D eigenvalue weighted by atomic mass is 16.5. The standard InChI is InChI=1S/C29H25N7O3/c1-17-7-6-10-24(19(17)3)35-27-23(15-30-35)28(38)33-29(32-27)36-25(13-18(2)34-36)31-26(37)16-39-22-12-11-20-8-4-5-9-21(20)14-22/h4-15H,16H2,1-3H3,(H,31,37)(H,32,33,38). The van der Waals surface area contributed by atoms with Crippen LogP contribution in [0.1, 0.15) is 16.8 Å². The summed E-state index contributed by atoms with van der Waals surface area (Å²) in [6.45, 7) is 5.60. The molecule has 3 aromatic heterocycles. The van der Waals surface area contributed by atoms with Crippen LogP contribution in [0, 0.1) is 20.8 Å². The van der Waals surface area contributed by atoms with Gasteiger partial charge >= 0.3 is 0 Å². The van der Waals surface area contributed by atoms with Crippen molar-refractivity contribution in [3.63, 3.8) is 0 Å². The van der Waals surface area contributed by atoms with Crippen LogP contribution in [0.15, 0.2) is 77.7 Å². The third-order valence-corrected chi connectivity index (χ3v) is 6.62. The lowest BCUT2D eigenvalue weighted by Gasteiger charge is -2.11. The maximum Gasteiger partial charge on any atom is 0.263 e. The van der Waals surface area contributed by atoms with E-state index in [1.165, 1.54) is 10.9 Å². The van der Waals surface area contributed by atoms with Crippen molar-refractivity contribution < 1.29 is 9.53 Å². The molecule has 10 nitrogen and oxygen atoms in total. The number of rotatable bonds is 6. The van der Waals surface area contributed by atoms with Gasteiger partial charge in [0.25, 0.3) is 11.5 Å². The van der Waals surface area contributed by atoms with E-state index in [0.717, 1.165) is 27.6 Å². The summed E-state index contributed by atoms with van der Waals surface area (Å²) in [5.41, 5.74) is 3.60. The topological polar surface area (TPSA) is 120 Å². The monoisotopic (exact) mass is 519 g/mol. The number of amides is 1. The van der Waals surface area contributed by atoms with Crippen molar-refractivity contribution in [1.82, 2.24) is 29.5 Å². The van der Waals surface area contributed by atoms with Gasteiger partial charge in [0.2, 0.25) is 5.95 Å². The number of carbonyl (C=O) groups excluding carboxylic acids is 1. The Morgan fingerprint density at radius 2 is 1.79 bits per heavy atom. The van der Waals surface area contributed by atoms with E-state index >= 15 is 0 Å². The van der Waals surface area contributed by atoms with Gasteiger partial charge < -0.3 is 10.1 Å². The first-order valence-electron chi connectivity index (χ1n) is 12.4. The summed E-state index contributed by atoms with van der Waals surface area (Å²) in [4.78, 5) is 33.2. The fourth-order valence-electron chi connectivity index (χ4n) is 4.48. The molecule has 0 aliphatic heterocycles. The molecular formula is C29H25N7O3. The van der Waals surface area contributed by atoms with Gasteiger partial charge in [-0.05, 0) is 60.9 Å². The fourth-order valence-corrected chi connectivity index (χ4v) is 4.48. The molecule has 0 unspecified atom stereocenters. The van der Waals surface area contributed by atoms with E-state index in [9.17, 15) is 9.59 Å². The number of carbonyl (C=O) groups is 1. The number of H-pyrrole nitrogens is 1. The van der Waals surface area contributed by atoms with Crippen molar-refractivity contribution >= 4 is 33.5 Å². The molecule has 1 amide bonds. The summed E-state index contributed by atoms with van der Waals surface area (Å²) in [5.74, 6) is 0.705. The third-order valence-electron chi connectivity index (χ3n) is 6.62. The van der Waals surface area contributed by atoms with Gasteiger partial charge in [0.15, 0.2) is 12.3 Å². The third kappa shape index (κ3) is 4.52. The van der Waals surface area contributed by atoms with Gasteiger partial charge in [-0.1, -0.05) is 42.5 Å². The smallest absolute Gasteiger partial charge is 0.263 e. The zero-order chi connectivity index (χ0) is 27.1. The summed E-state index contributed by atoms with van der Waals surface area (Å²) in [6, 6.07) is 21.2. The molecule has 0 atom stereocenters. The maximum atomic E-state index is 13.0. The molecule has 0 aliphatic rings. The predicted molar refractivity (Wildman–Crippen MR) is 149 cm³/mol. The van der Waals surface area contributed by atoms with Gasteiger partial charge in [0.1, 0.15) is 17.0 Å². The van der Waals surface area contributed by atoms with E-state index in [2.05, 4.69) is 25.5 Å². The van der Waals surface area contributed by atoms with Crippen molar-refractivity contribution in [2.75, 3.05) is 11.9 Å². The Morgan fingerprint density at radius 3 is 2.64 bits per heavy atom. The highest BCUT2D eigenvalue weighted by Gasteiger charge is 2.18. The van der Waals surface area contributed by atoms with E-state index < -0.39 is 0 Å². The van der Waals surface area contributed by atoms with Crippen LogP contribution in [0.5, 0.6) is 5.75 Å². The zero-order valence-corrected chi connectivity index (χ0v) is 21.6. The van der Waals surface area contributed by atoms with Gasteiger partial charge in [0.05, 0.1) is 17.6 Å². The molecule has 3 heterocycles. The Bertz CT molecular complexity index is 1930. The molecule has 6 aromatic rings. The predicted octanol–water partition coefficient (Wildman–Crippen LogP) is 4.39. The Kier molecular flexibility index (Phi) is 5.91. The highest BCUT2D eigenvalue weighted by molar-refractivity contribution is 5.91. The lowest BCUT2D eigenvalue weighted by atomic mass is 10.1. The largest absolute Gasteiger partial charge is 0.484 e. The van der Waals surface area contributed by atoms with Crippen LogP contribution in [0.25, 0.3) is 33.4 Å². The number of fused-ring (bicyclic) bond motifs is 2. The second-order valence-corrected chi connectivity index (χ2v) is 9.33. The number of benzene rings is 3. The number of aromatic nitrogens is 6. The molecular weight excluding hydrogens is 494 g/mol. The molecule has 0 bridgehead atoms. The van der Waals surface area contributed by atoms with Gasteiger partial charge in [0, 0.05) is 6.07 Å². The van der Waals surface area contributed by atoms with Gasteiger partial charge in [-0.15, -0.1) is 0 Å². The van der Waals surface area contributed by atoms with E-state index in [4.69, 9.17) is 4.74 Å². The molecule has 39 heavy (non-hydrogen) atoms. The van der Waals surface area contributed by atoms with Crippen LogP contribution < -0.4 is 15.6 Å². The second kappa shape index (κ2) is 9.56. The van der Waals surface area contributed by atoms with Crippen molar-refractivity contribution in [3.05, 3.63) is 100 Å². The molecule has 0 radical (unpaired) electrons. The minimum atomic E-state index is -0.381. The number of anilines is 1. The lowest BCUT2D eigenvalue weighted by Crippen LogP contribution is -2.23. The normalized spacial score (nSPS) is 11.3. The molecule has 2 N–H and O–H groups in total. The van der Waals surface area contributed by atoms with Crippen LogP contribution in [0.4, 0.5) is 5.82 Å².